The van der Waals surface area contributed by atoms with Crippen LogP contribution >= 0.6 is 0 Å². The fraction of sp³-hybridized carbons (Fsp3) is 0.154. The molecule has 0 aliphatic rings. The van der Waals surface area contributed by atoms with Gasteiger partial charge in [-0.2, -0.15) is 0 Å². The minimum atomic E-state index is 0.975. The first-order valence-corrected chi connectivity index (χ1v) is 18.5. The third-order valence-corrected chi connectivity index (χ3v) is 9.59. The van der Waals surface area contributed by atoms with E-state index in [1.54, 1.807) is 0 Å². The van der Waals surface area contributed by atoms with E-state index in [1.807, 2.05) is 24.3 Å². The van der Waals surface area contributed by atoms with Gasteiger partial charge >= 0.3 is 0 Å². The first kappa shape index (κ1) is 37.5. The SMILES string of the molecule is C=Cc1ccc(CCCc2ccc(C=C)cc2)cc1.C=Cc1ccc(Cc2ccc(CCCc3ccc(Cc4ccc(C=C)cc4)cc3)cc2)cc1. The lowest BCUT2D eigenvalue weighted by molar-refractivity contribution is 0.819. The Balaban J connectivity index is 0.000000233. The van der Waals surface area contributed by atoms with Gasteiger partial charge in [-0.3, -0.25) is 0 Å². The fourth-order valence-corrected chi connectivity index (χ4v) is 6.30. The Kier molecular flexibility index (Phi) is 14.6. The zero-order valence-corrected chi connectivity index (χ0v) is 30.7. The van der Waals surface area contributed by atoms with Crippen LogP contribution < -0.4 is 0 Å². The predicted molar refractivity (Wildman–Crippen MR) is 229 cm³/mol. The molecule has 0 spiro atoms. The van der Waals surface area contributed by atoms with Crippen molar-refractivity contribution in [3.8, 4) is 0 Å². The lowest BCUT2D eigenvalue weighted by Crippen LogP contribution is -1.93. The van der Waals surface area contributed by atoms with Gasteiger partial charge < -0.3 is 0 Å². The van der Waals surface area contributed by atoms with Crippen molar-refractivity contribution in [3.63, 3.8) is 0 Å². The molecule has 6 aromatic carbocycles. The normalized spacial score (nSPS) is 10.5. The Bertz CT molecular complexity index is 1820. The van der Waals surface area contributed by atoms with Gasteiger partial charge in [0.15, 0.2) is 0 Å². The lowest BCUT2D eigenvalue weighted by atomic mass is 9.98. The van der Waals surface area contributed by atoms with E-state index >= 15 is 0 Å². The molecule has 0 heterocycles. The Morgan fingerprint density at radius 3 is 0.635 bits per heavy atom. The summed E-state index contributed by atoms with van der Waals surface area (Å²) in [6.07, 6.45) is 16.3. The van der Waals surface area contributed by atoms with Crippen molar-refractivity contribution >= 4 is 24.3 Å². The van der Waals surface area contributed by atoms with Gasteiger partial charge in [-0.15, -0.1) is 0 Å². The second-order valence-electron chi connectivity index (χ2n) is 13.5. The van der Waals surface area contributed by atoms with Gasteiger partial charge in [0, 0.05) is 0 Å². The fourth-order valence-electron chi connectivity index (χ4n) is 6.30. The molecule has 0 heteroatoms. The summed E-state index contributed by atoms with van der Waals surface area (Å²) < 4.78 is 0. The van der Waals surface area contributed by atoms with E-state index in [9.17, 15) is 0 Å². The smallest absolute Gasteiger partial charge is 0.00258 e. The average Bonchev–Trinajstić information content (AvgIpc) is 3.20. The first-order valence-electron chi connectivity index (χ1n) is 18.5. The van der Waals surface area contributed by atoms with Crippen molar-refractivity contribution in [1.82, 2.24) is 0 Å². The third-order valence-electron chi connectivity index (χ3n) is 9.59. The summed E-state index contributed by atoms with van der Waals surface area (Å²) in [5.41, 5.74) is 15.7. The highest BCUT2D eigenvalue weighted by Crippen LogP contribution is 2.17. The monoisotopic (exact) mass is 676 g/mol. The van der Waals surface area contributed by atoms with E-state index in [0.29, 0.717) is 0 Å². The molecule has 0 unspecified atom stereocenters. The molecule has 0 fully saturated rings. The number of hydrogen-bond acceptors (Lipinski definition) is 0. The average molecular weight is 677 g/mol. The second-order valence-corrected chi connectivity index (χ2v) is 13.5. The highest BCUT2D eigenvalue weighted by molar-refractivity contribution is 5.49. The molecule has 0 radical (unpaired) electrons. The predicted octanol–water partition coefficient (Wildman–Crippen LogP) is 13.5. The van der Waals surface area contributed by atoms with E-state index in [-0.39, 0.29) is 0 Å². The maximum atomic E-state index is 3.82. The van der Waals surface area contributed by atoms with Crippen LogP contribution in [-0.4, -0.2) is 0 Å². The molecular formula is C52H52. The summed E-state index contributed by atoms with van der Waals surface area (Å²) in [6.45, 7) is 15.2. The molecule has 0 saturated carbocycles. The van der Waals surface area contributed by atoms with Crippen molar-refractivity contribution in [2.45, 2.75) is 51.4 Å². The Morgan fingerprint density at radius 1 is 0.250 bits per heavy atom. The van der Waals surface area contributed by atoms with Crippen molar-refractivity contribution in [3.05, 3.63) is 239 Å². The van der Waals surface area contributed by atoms with Crippen molar-refractivity contribution in [2.24, 2.45) is 0 Å². The summed E-state index contributed by atoms with van der Waals surface area (Å²) in [6, 6.07) is 52.8. The maximum absolute atomic E-state index is 3.82. The Labute approximate surface area is 313 Å². The number of rotatable bonds is 16. The number of hydrogen-bond donors (Lipinski definition) is 0. The van der Waals surface area contributed by atoms with Gasteiger partial charge in [0.1, 0.15) is 0 Å². The molecule has 0 atom stereocenters. The molecule has 6 rings (SSSR count). The topological polar surface area (TPSA) is 0 Å². The van der Waals surface area contributed by atoms with Crippen LogP contribution in [0.15, 0.2) is 172 Å². The Morgan fingerprint density at radius 2 is 0.423 bits per heavy atom. The maximum Gasteiger partial charge on any atom is -0.00258 e. The molecule has 0 nitrogen and oxygen atoms in total. The minimum Gasteiger partial charge on any atom is -0.0985 e. The highest BCUT2D eigenvalue weighted by atomic mass is 14.1. The van der Waals surface area contributed by atoms with Crippen molar-refractivity contribution in [1.29, 1.82) is 0 Å². The minimum absolute atomic E-state index is 0.975. The largest absolute Gasteiger partial charge is 0.0985 e. The van der Waals surface area contributed by atoms with Crippen LogP contribution in [0.25, 0.3) is 24.3 Å². The second kappa shape index (κ2) is 20.2. The lowest BCUT2D eigenvalue weighted by Gasteiger charge is -2.07. The van der Waals surface area contributed by atoms with Gasteiger partial charge in [0.05, 0.1) is 0 Å². The molecule has 0 aromatic heterocycles. The van der Waals surface area contributed by atoms with Crippen LogP contribution in [0.2, 0.25) is 0 Å². The molecule has 0 amide bonds. The summed E-state index contributed by atoms with van der Waals surface area (Å²) >= 11 is 0. The summed E-state index contributed by atoms with van der Waals surface area (Å²) in [5.74, 6) is 0. The highest BCUT2D eigenvalue weighted by Gasteiger charge is 2.02. The van der Waals surface area contributed by atoms with E-state index in [2.05, 4.69) is 172 Å². The molecule has 0 aliphatic heterocycles. The van der Waals surface area contributed by atoms with Crippen molar-refractivity contribution < 1.29 is 0 Å². The Hall–Kier alpha value is -5.72. The zero-order valence-electron chi connectivity index (χ0n) is 30.7. The van der Waals surface area contributed by atoms with Crippen LogP contribution in [0.5, 0.6) is 0 Å². The van der Waals surface area contributed by atoms with Gasteiger partial charge in [-0.05, 0) is 118 Å². The molecule has 260 valence electrons. The molecule has 52 heavy (non-hydrogen) atoms. The number of aryl methyl sites for hydroxylation is 4. The summed E-state index contributed by atoms with van der Waals surface area (Å²) in [5, 5.41) is 0. The molecule has 6 aromatic rings. The van der Waals surface area contributed by atoms with Gasteiger partial charge in [-0.25, -0.2) is 0 Å². The van der Waals surface area contributed by atoms with Crippen LogP contribution in [0.4, 0.5) is 0 Å². The molecule has 0 saturated heterocycles. The molecule has 0 bridgehead atoms. The van der Waals surface area contributed by atoms with Gasteiger partial charge in [0.25, 0.3) is 0 Å². The van der Waals surface area contributed by atoms with E-state index in [0.717, 1.165) is 38.5 Å². The summed E-state index contributed by atoms with van der Waals surface area (Å²) in [7, 11) is 0. The molecular weight excluding hydrogens is 625 g/mol. The van der Waals surface area contributed by atoms with E-state index in [1.165, 1.54) is 79.6 Å². The van der Waals surface area contributed by atoms with E-state index < -0.39 is 0 Å². The standard InChI is InChI=1S/C33H32.C19H20/c1-3-26-8-16-30(17-9-26)24-32-20-12-28(13-21-32)6-5-7-29-14-22-33(23-15-29)25-31-18-10-27(4-2)11-19-31;1-3-16-8-12-18(13-9-16)6-5-7-19-14-10-17(4-2)11-15-19/h3-4,8-23H,1-2,5-7,24-25H2;3-4,8-15H,1-2,5-7H2. The van der Waals surface area contributed by atoms with Crippen LogP contribution in [-0.2, 0) is 38.5 Å². The van der Waals surface area contributed by atoms with Crippen molar-refractivity contribution in [2.75, 3.05) is 0 Å². The third kappa shape index (κ3) is 12.3. The number of benzene rings is 6. The quantitative estimate of drug-likeness (QED) is 0.0957. The van der Waals surface area contributed by atoms with E-state index in [4.69, 9.17) is 0 Å². The van der Waals surface area contributed by atoms with Gasteiger partial charge in [0.2, 0.25) is 0 Å². The summed E-state index contributed by atoms with van der Waals surface area (Å²) in [4.78, 5) is 0. The molecule has 0 aliphatic carbocycles. The molecule has 0 N–H and O–H groups in total. The van der Waals surface area contributed by atoms with Crippen LogP contribution in [0.3, 0.4) is 0 Å². The first-order chi connectivity index (χ1) is 25.5. The van der Waals surface area contributed by atoms with Gasteiger partial charge in [-0.1, -0.05) is 196 Å². The van der Waals surface area contributed by atoms with Crippen LogP contribution in [0, 0.1) is 0 Å². The van der Waals surface area contributed by atoms with Crippen LogP contribution in [0.1, 0.15) is 79.6 Å². The zero-order chi connectivity index (χ0) is 36.4.